The number of nitrogens with zero attached hydrogens (tertiary/aromatic N) is 1. The molecule has 1 aliphatic heterocycles. The van der Waals surface area contributed by atoms with Gasteiger partial charge in [-0.25, -0.2) is 4.79 Å². The van der Waals surface area contributed by atoms with Gasteiger partial charge in [0, 0.05) is 0 Å². The molecule has 5 amide bonds. The molecule has 2 aromatic carbocycles. The Morgan fingerprint density at radius 1 is 0.906 bits per heavy atom. The Morgan fingerprint density at radius 3 is 2.09 bits per heavy atom. The van der Waals surface area contributed by atoms with E-state index < -0.39 is 35.8 Å². The van der Waals surface area contributed by atoms with Gasteiger partial charge in [0.05, 0.1) is 0 Å². The van der Waals surface area contributed by atoms with Gasteiger partial charge in [0.25, 0.3) is 17.7 Å². The fourth-order valence-corrected chi connectivity index (χ4v) is 3.43. The standard InChI is InChI=1S/C23H26N4O5/c1-3-23(4-2)21(30)27(22(31)24-23)14-19(28)25-26-20(29)15-32-18-12-10-17(11-13-18)16-8-6-5-7-9-16/h5-13H,3-4,14-15H2,1-2H3,(H,24,31)(H,25,28)(H,26,29). The Hall–Kier alpha value is -3.88. The highest BCUT2D eigenvalue weighted by atomic mass is 16.5. The fraction of sp³-hybridized carbons (Fsp3) is 0.304. The van der Waals surface area contributed by atoms with Crippen LogP contribution in [-0.2, 0) is 14.4 Å². The van der Waals surface area contributed by atoms with Crippen molar-refractivity contribution >= 4 is 23.8 Å². The molecule has 0 bridgehead atoms. The number of amides is 5. The predicted octanol–water partition coefficient (Wildman–Crippen LogP) is 1.99. The maximum absolute atomic E-state index is 12.5. The summed E-state index contributed by atoms with van der Waals surface area (Å²) >= 11 is 0. The Balaban J connectivity index is 1.43. The second-order valence-corrected chi connectivity index (χ2v) is 7.39. The van der Waals surface area contributed by atoms with E-state index in [4.69, 9.17) is 4.74 Å². The van der Waals surface area contributed by atoms with Crippen LogP contribution in [0.2, 0.25) is 0 Å². The molecule has 9 heteroatoms. The molecule has 1 aliphatic rings. The van der Waals surface area contributed by atoms with Crippen molar-refractivity contribution in [3.63, 3.8) is 0 Å². The van der Waals surface area contributed by atoms with E-state index in [0.29, 0.717) is 18.6 Å². The Morgan fingerprint density at radius 2 is 1.50 bits per heavy atom. The fourth-order valence-electron chi connectivity index (χ4n) is 3.43. The van der Waals surface area contributed by atoms with Crippen molar-refractivity contribution in [3.8, 4) is 16.9 Å². The molecule has 168 valence electrons. The van der Waals surface area contributed by atoms with E-state index in [2.05, 4.69) is 16.2 Å². The number of hydrazine groups is 1. The van der Waals surface area contributed by atoms with Crippen molar-refractivity contribution in [3.05, 3.63) is 54.6 Å². The van der Waals surface area contributed by atoms with E-state index >= 15 is 0 Å². The summed E-state index contributed by atoms with van der Waals surface area (Å²) in [4.78, 5) is 49.5. The topological polar surface area (TPSA) is 117 Å². The first-order valence-corrected chi connectivity index (χ1v) is 10.4. The van der Waals surface area contributed by atoms with Crippen molar-refractivity contribution < 1.29 is 23.9 Å². The number of urea groups is 1. The summed E-state index contributed by atoms with van der Waals surface area (Å²) in [6.45, 7) is 2.78. The number of ether oxygens (including phenoxy) is 1. The highest BCUT2D eigenvalue weighted by Gasteiger charge is 2.49. The van der Waals surface area contributed by atoms with Gasteiger partial charge in [0.1, 0.15) is 17.8 Å². The van der Waals surface area contributed by atoms with Crippen LogP contribution in [-0.4, -0.2) is 47.3 Å². The lowest BCUT2D eigenvalue weighted by atomic mass is 9.93. The van der Waals surface area contributed by atoms with Crippen molar-refractivity contribution in [2.45, 2.75) is 32.2 Å². The number of imide groups is 1. The SMILES string of the molecule is CCC1(CC)NC(=O)N(CC(=O)NNC(=O)COc2ccc(-c3ccccc3)cc2)C1=O. The quantitative estimate of drug-likeness (QED) is 0.431. The number of carbonyl (C=O) groups excluding carboxylic acids is 4. The maximum atomic E-state index is 12.5. The first-order valence-electron chi connectivity index (χ1n) is 10.4. The van der Waals surface area contributed by atoms with Crippen molar-refractivity contribution in [2.24, 2.45) is 0 Å². The molecule has 1 fully saturated rings. The number of hydrogen-bond acceptors (Lipinski definition) is 5. The minimum atomic E-state index is -0.982. The highest BCUT2D eigenvalue weighted by Crippen LogP contribution is 2.24. The molecule has 0 saturated carbocycles. The second kappa shape index (κ2) is 9.95. The molecule has 3 rings (SSSR count). The zero-order valence-electron chi connectivity index (χ0n) is 18.0. The van der Waals surface area contributed by atoms with E-state index in [0.717, 1.165) is 16.0 Å². The zero-order chi connectivity index (χ0) is 23.1. The molecule has 32 heavy (non-hydrogen) atoms. The number of rotatable bonds is 8. The lowest BCUT2D eigenvalue weighted by molar-refractivity contribution is -0.136. The van der Waals surface area contributed by atoms with Gasteiger partial charge in [-0.15, -0.1) is 0 Å². The molecule has 0 atom stereocenters. The van der Waals surface area contributed by atoms with Crippen LogP contribution in [0, 0.1) is 0 Å². The van der Waals surface area contributed by atoms with Crippen LogP contribution in [0.1, 0.15) is 26.7 Å². The maximum Gasteiger partial charge on any atom is 0.325 e. The Bertz CT molecular complexity index is 987. The monoisotopic (exact) mass is 438 g/mol. The van der Waals surface area contributed by atoms with E-state index in [1.54, 1.807) is 26.0 Å². The smallest absolute Gasteiger partial charge is 0.325 e. The molecule has 0 aliphatic carbocycles. The Labute approximate surface area is 186 Å². The van der Waals surface area contributed by atoms with Crippen molar-refractivity contribution in [1.29, 1.82) is 0 Å². The van der Waals surface area contributed by atoms with Crippen LogP contribution in [0.4, 0.5) is 4.79 Å². The molecule has 1 heterocycles. The molecule has 0 unspecified atom stereocenters. The number of nitrogens with one attached hydrogen (secondary N) is 3. The van der Waals surface area contributed by atoms with Gasteiger partial charge in [-0.3, -0.25) is 30.1 Å². The zero-order valence-corrected chi connectivity index (χ0v) is 18.0. The molecule has 1 saturated heterocycles. The normalized spacial score (nSPS) is 14.6. The van der Waals surface area contributed by atoms with Gasteiger partial charge in [-0.1, -0.05) is 56.3 Å². The average Bonchev–Trinajstić information content (AvgIpc) is 3.07. The minimum Gasteiger partial charge on any atom is -0.484 e. The third-order valence-corrected chi connectivity index (χ3v) is 5.43. The summed E-state index contributed by atoms with van der Waals surface area (Å²) in [5, 5.41) is 2.64. The van der Waals surface area contributed by atoms with Gasteiger partial charge >= 0.3 is 6.03 Å². The molecule has 0 radical (unpaired) electrons. The van der Waals surface area contributed by atoms with E-state index in [1.807, 2.05) is 42.5 Å². The Kier molecular flexibility index (Phi) is 7.09. The van der Waals surface area contributed by atoms with Crippen LogP contribution in [0.25, 0.3) is 11.1 Å². The third-order valence-electron chi connectivity index (χ3n) is 5.43. The summed E-state index contributed by atoms with van der Waals surface area (Å²) in [5.74, 6) is -1.23. The number of carbonyl (C=O) groups is 4. The van der Waals surface area contributed by atoms with Crippen LogP contribution in [0.3, 0.4) is 0 Å². The van der Waals surface area contributed by atoms with Crippen molar-refractivity contribution in [1.82, 2.24) is 21.1 Å². The summed E-state index contributed by atoms with van der Waals surface area (Å²) in [6.07, 6.45) is 0.846. The van der Waals surface area contributed by atoms with Gasteiger partial charge in [0.2, 0.25) is 0 Å². The summed E-state index contributed by atoms with van der Waals surface area (Å²) in [6, 6.07) is 16.5. The molecule has 3 N–H and O–H groups in total. The number of benzene rings is 2. The molecule has 9 nitrogen and oxygen atoms in total. The molecule has 0 aromatic heterocycles. The van der Waals surface area contributed by atoms with Gasteiger partial charge in [-0.05, 0) is 36.1 Å². The highest BCUT2D eigenvalue weighted by molar-refractivity contribution is 6.09. The second-order valence-electron chi connectivity index (χ2n) is 7.39. The van der Waals surface area contributed by atoms with Crippen LogP contribution in [0.15, 0.2) is 54.6 Å². The number of hydrogen-bond donors (Lipinski definition) is 3. The summed E-state index contributed by atoms with van der Waals surface area (Å²) in [7, 11) is 0. The van der Waals surface area contributed by atoms with E-state index in [9.17, 15) is 19.2 Å². The lowest BCUT2D eigenvalue weighted by Crippen LogP contribution is -2.50. The third kappa shape index (κ3) is 5.05. The molecule has 2 aromatic rings. The summed E-state index contributed by atoms with van der Waals surface area (Å²) < 4.78 is 5.42. The summed E-state index contributed by atoms with van der Waals surface area (Å²) in [5.41, 5.74) is 5.50. The van der Waals surface area contributed by atoms with E-state index in [1.165, 1.54) is 0 Å². The molecule has 0 spiro atoms. The van der Waals surface area contributed by atoms with Crippen LogP contribution >= 0.6 is 0 Å². The minimum absolute atomic E-state index is 0.317. The van der Waals surface area contributed by atoms with Crippen molar-refractivity contribution in [2.75, 3.05) is 13.2 Å². The lowest BCUT2D eigenvalue weighted by Gasteiger charge is -2.23. The molecular weight excluding hydrogens is 412 g/mol. The molecular formula is C23H26N4O5. The first kappa shape index (κ1) is 22.8. The largest absolute Gasteiger partial charge is 0.484 e. The average molecular weight is 438 g/mol. The predicted molar refractivity (Wildman–Crippen MR) is 117 cm³/mol. The van der Waals surface area contributed by atoms with Gasteiger partial charge in [0.15, 0.2) is 6.61 Å². The van der Waals surface area contributed by atoms with Gasteiger partial charge in [-0.2, -0.15) is 0 Å². The van der Waals surface area contributed by atoms with Crippen LogP contribution in [0.5, 0.6) is 5.75 Å². The van der Waals surface area contributed by atoms with Crippen LogP contribution < -0.4 is 20.9 Å². The van der Waals surface area contributed by atoms with Gasteiger partial charge < -0.3 is 10.1 Å². The van der Waals surface area contributed by atoms with E-state index in [-0.39, 0.29) is 6.61 Å². The first-order chi connectivity index (χ1) is 15.4.